The van der Waals surface area contributed by atoms with Gasteiger partial charge in [0.2, 0.25) is 5.91 Å². The van der Waals surface area contributed by atoms with Gasteiger partial charge in [-0.05, 0) is 18.9 Å². The van der Waals surface area contributed by atoms with Crippen molar-refractivity contribution in [2.75, 3.05) is 13.7 Å². The summed E-state index contributed by atoms with van der Waals surface area (Å²) in [5.41, 5.74) is 0.731. The third-order valence-corrected chi connectivity index (χ3v) is 3.09. The molecule has 6 nitrogen and oxygen atoms in total. The topological polar surface area (TPSA) is 83.7 Å². The molecule has 1 unspecified atom stereocenters. The van der Waals surface area contributed by atoms with Gasteiger partial charge in [-0.3, -0.25) is 14.9 Å². The molecule has 1 N–H and O–H groups in total. The molecule has 0 saturated heterocycles. The van der Waals surface area contributed by atoms with Gasteiger partial charge < -0.3 is 10.0 Å². The first kappa shape index (κ1) is 15.1. The third-order valence-electron chi connectivity index (χ3n) is 3.09. The number of nitro groups is 1. The molecule has 0 saturated carbocycles. The lowest BCUT2D eigenvalue weighted by atomic mass is 10.1. The summed E-state index contributed by atoms with van der Waals surface area (Å²) in [5, 5.41) is 19.4. The van der Waals surface area contributed by atoms with E-state index in [2.05, 4.69) is 0 Å². The Balaban J connectivity index is 2.81. The fourth-order valence-corrected chi connectivity index (χ4v) is 1.74. The Labute approximate surface area is 111 Å². The molecule has 0 heterocycles. The molecular weight excluding hydrogens is 248 g/mol. The highest BCUT2D eigenvalue weighted by molar-refractivity contribution is 5.76. The molecule has 0 aliphatic carbocycles. The Morgan fingerprint density at radius 1 is 1.53 bits per heavy atom. The Morgan fingerprint density at radius 3 is 2.79 bits per heavy atom. The van der Waals surface area contributed by atoms with E-state index in [1.165, 1.54) is 17.0 Å². The molecule has 104 valence electrons. The van der Waals surface area contributed by atoms with E-state index in [-0.39, 0.29) is 30.7 Å². The number of amides is 1. The minimum atomic E-state index is -0.455. The number of carbonyl (C=O) groups is 1. The first-order valence-corrected chi connectivity index (χ1v) is 6.08. The number of aliphatic hydroxyl groups is 1. The van der Waals surface area contributed by atoms with Gasteiger partial charge in [-0.15, -0.1) is 0 Å². The van der Waals surface area contributed by atoms with Crippen LogP contribution in [0.2, 0.25) is 0 Å². The average Bonchev–Trinajstić information content (AvgIpc) is 2.43. The van der Waals surface area contributed by atoms with Crippen LogP contribution in [0.4, 0.5) is 5.69 Å². The van der Waals surface area contributed by atoms with E-state index in [1.807, 2.05) is 6.92 Å². The summed E-state index contributed by atoms with van der Waals surface area (Å²) in [4.78, 5) is 23.6. The lowest BCUT2D eigenvalue weighted by molar-refractivity contribution is -0.384. The second-order valence-electron chi connectivity index (χ2n) is 4.36. The van der Waals surface area contributed by atoms with Gasteiger partial charge >= 0.3 is 0 Å². The van der Waals surface area contributed by atoms with Crippen molar-refractivity contribution in [3.63, 3.8) is 0 Å². The SMILES string of the molecule is CC(c1cccc([N+](=O)[O-])c1)N(C)C(=O)CCCO. The van der Waals surface area contributed by atoms with Crippen LogP contribution in [-0.4, -0.2) is 34.5 Å². The normalized spacial score (nSPS) is 11.9. The Hall–Kier alpha value is -1.95. The molecule has 1 aromatic carbocycles. The fraction of sp³-hybridized carbons (Fsp3) is 0.462. The van der Waals surface area contributed by atoms with Crippen molar-refractivity contribution in [1.29, 1.82) is 0 Å². The molecule has 0 fully saturated rings. The Bertz CT molecular complexity index is 462. The van der Waals surface area contributed by atoms with Crippen LogP contribution in [0.15, 0.2) is 24.3 Å². The van der Waals surface area contributed by atoms with Crippen molar-refractivity contribution in [3.8, 4) is 0 Å². The first-order chi connectivity index (χ1) is 8.97. The molecule has 1 amide bonds. The molecule has 19 heavy (non-hydrogen) atoms. The molecule has 0 aliphatic rings. The number of benzene rings is 1. The molecule has 1 atom stereocenters. The maximum Gasteiger partial charge on any atom is 0.269 e. The lowest BCUT2D eigenvalue weighted by Crippen LogP contribution is -2.29. The van der Waals surface area contributed by atoms with Crippen LogP contribution in [-0.2, 0) is 4.79 Å². The smallest absolute Gasteiger partial charge is 0.269 e. The number of non-ortho nitro benzene ring substituents is 1. The number of rotatable bonds is 6. The molecule has 0 aromatic heterocycles. The summed E-state index contributed by atoms with van der Waals surface area (Å²) >= 11 is 0. The van der Waals surface area contributed by atoms with Gasteiger partial charge in [0.05, 0.1) is 11.0 Å². The molecule has 0 aliphatic heterocycles. The number of aliphatic hydroxyl groups excluding tert-OH is 1. The Morgan fingerprint density at radius 2 is 2.21 bits per heavy atom. The number of hydrogen-bond acceptors (Lipinski definition) is 4. The number of carbonyl (C=O) groups excluding carboxylic acids is 1. The summed E-state index contributed by atoms with van der Waals surface area (Å²) in [6, 6.07) is 6.01. The summed E-state index contributed by atoms with van der Waals surface area (Å²) in [6.45, 7) is 1.79. The van der Waals surface area contributed by atoms with Crippen LogP contribution >= 0.6 is 0 Å². The largest absolute Gasteiger partial charge is 0.396 e. The van der Waals surface area contributed by atoms with Crippen LogP contribution in [0.1, 0.15) is 31.4 Å². The van der Waals surface area contributed by atoms with Crippen LogP contribution in [0.5, 0.6) is 0 Å². The molecular formula is C13H18N2O4. The van der Waals surface area contributed by atoms with Crippen LogP contribution < -0.4 is 0 Å². The maximum atomic E-state index is 11.8. The van der Waals surface area contributed by atoms with Crippen molar-refractivity contribution >= 4 is 11.6 Å². The predicted octanol–water partition coefficient (Wildman–Crippen LogP) is 1.89. The van der Waals surface area contributed by atoms with Gasteiger partial charge in [0, 0.05) is 32.2 Å². The quantitative estimate of drug-likeness (QED) is 0.629. The van der Waals surface area contributed by atoms with Crippen molar-refractivity contribution in [2.24, 2.45) is 0 Å². The zero-order valence-electron chi connectivity index (χ0n) is 11.1. The van der Waals surface area contributed by atoms with Crippen molar-refractivity contribution < 1.29 is 14.8 Å². The van der Waals surface area contributed by atoms with E-state index in [0.717, 1.165) is 0 Å². The highest BCUT2D eigenvalue weighted by Crippen LogP contribution is 2.23. The standard InChI is InChI=1S/C13H18N2O4/c1-10(14(2)13(17)7-4-8-16)11-5-3-6-12(9-11)15(18)19/h3,5-6,9-10,16H,4,7-8H2,1-2H3. The number of hydrogen-bond donors (Lipinski definition) is 1. The van der Waals surface area contributed by atoms with E-state index >= 15 is 0 Å². The van der Waals surface area contributed by atoms with E-state index in [1.54, 1.807) is 19.2 Å². The van der Waals surface area contributed by atoms with E-state index in [4.69, 9.17) is 5.11 Å². The monoisotopic (exact) mass is 266 g/mol. The van der Waals surface area contributed by atoms with Crippen LogP contribution in [0, 0.1) is 10.1 Å². The van der Waals surface area contributed by atoms with Crippen molar-refractivity contribution in [1.82, 2.24) is 4.90 Å². The predicted molar refractivity (Wildman–Crippen MR) is 70.6 cm³/mol. The van der Waals surface area contributed by atoms with E-state index < -0.39 is 4.92 Å². The minimum absolute atomic E-state index is 0.0144. The first-order valence-electron chi connectivity index (χ1n) is 6.08. The van der Waals surface area contributed by atoms with Crippen molar-refractivity contribution in [2.45, 2.75) is 25.8 Å². The summed E-state index contributed by atoms with van der Waals surface area (Å²) in [6.07, 6.45) is 0.692. The molecule has 0 spiro atoms. The minimum Gasteiger partial charge on any atom is -0.396 e. The van der Waals surface area contributed by atoms with Gasteiger partial charge in [-0.1, -0.05) is 12.1 Å². The maximum absolute atomic E-state index is 11.8. The van der Waals surface area contributed by atoms with Crippen LogP contribution in [0.3, 0.4) is 0 Å². The zero-order chi connectivity index (χ0) is 14.4. The number of nitro benzene ring substituents is 1. The molecule has 0 bridgehead atoms. The average molecular weight is 266 g/mol. The number of nitrogens with zero attached hydrogens (tertiary/aromatic N) is 2. The fourth-order valence-electron chi connectivity index (χ4n) is 1.74. The third kappa shape index (κ3) is 4.03. The molecule has 6 heteroatoms. The Kier molecular flexibility index (Phi) is 5.44. The second kappa shape index (κ2) is 6.84. The molecule has 1 rings (SSSR count). The molecule has 0 radical (unpaired) electrons. The van der Waals surface area contributed by atoms with E-state index in [9.17, 15) is 14.9 Å². The summed E-state index contributed by atoms with van der Waals surface area (Å²) in [5.74, 6) is -0.0898. The summed E-state index contributed by atoms with van der Waals surface area (Å²) in [7, 11) is 1.66. The summed E-state index contributed by atoms with van der Waals surface area (Å²) < 4.78 is 0. The van der Waals surface area contributed by atoms with Gasteiger partial charge in [-0.2, -0.15) is 0 Å². The van der Waals surface area contributed by atoms with E-state index in [0.29, 0.717) is 12.0 Å². The highest BCUT2D eigenvalue weighted by Gasteiger charge is 2.18. The van der Waals surface area contributed by atoms with Gasteiger partial charge in [0.1, 0.15) is 0 Å². The van der Waals surface area contributed by atoms with Gasteiger partial charge in [-0.25, -0.2) is 0 Å². The second-order valence-corrected chi connectivity index (χ2v) is 4.36. The van der Waals surface area contributed by atoms with Crippen LogP contribution in [0.25, 0.3) is 0 Å². The highest BCUT2D eigenvalue weighted by atomic mass is 16.6. The lowest BCUT2D eigenvalue weighted by Gasteiger charge is -2.25. The van der Waals surface area contributed by atoms with Gasteiger partial charge in [0.15, 0.2) is 0 Å². The zero-order valence-corrected chi connectivity index (χ0v) is 11.1. The molecule has 1 aromatic rings. The van der Waals surface area contributed by atoms with Gasteiger partial charge in [0.25, 0.3) is 5.69 Å². The van der Waals surface area contributed by atoms with Crippen molar-refractivity contribution in [3.05, 3.63) is 39.9 Å².